The molecule has 2 N–H and O–H groups in total. The van der Waals surface area contributed by atoms with E-state index in [0.717, 1.165) is 28.9 Å². The zero-order valence-electron chi connectivity index (χ0n) is 16.3. The number of benzene rings is 2. The molecule has 0 aliphatic carbocycles. The average molecular weight is 409 g/mol. The Morgan fingerprint density at radius 2 is 1.83 bits per heavy atom. The number of amides is 2. The summed E-state index contributed by atoms with van der Waals surface area (Å²) in [5, 5.41) is 9.93. The largest absolute Gasteiger partial charge is 0.355 e. The first-order valence-electron chi connectivity index (χ1n) is 9.40. The summed E-state index contributed by atoms with van der Waals surface area (Å²) in [6, 6.07) is 17.6. The minimum Gasteiger partial charge on any atom is -0.355 e. The highest BCUT2D eigenvalue weighted by Gasteiger charge is 2.06. The molecule has 7 heteroatoms. The van der Waals surface area contributed by atoms with Crippen LogP contribution in [0, 0.1) is 6.92 Å². The third kappa shape index (κ3) is 6.80. The Morgan fingerprint density at radius 3 is 2.55 bits per heavy atom. The van der Waals surface area contributed by atoms with Gasteiger partial charge >= 0.3 is 0 Å². The quantitative estimate of drug-likeness (QED) is 0.570. The van der Waals surface area contributed by atoms with Gasteiger partial charge in [-0.15, -0.1) is 11.8 Å². The summed E-state index contributed by atoms with van der Waals surface area (Å²) in [6.07, 6.45) is 4.39. The molecule has 0 atom stereocenters. The van der Waals surface area contributed by atoms with Gasteiger partial charge in [0.2, 0.25) is 11.8 Å². The fraction of sp³-hybridized carbons (Fsp3) is 0.227. The number of aryl methyl sites for hydroxylation is 1. The molecule has 1 heterocycles. The summed E-state index contributed by atoms with van der Waals surface area (Å²) in [6.45, 7) is 2.54. The van der Waals surface area contributed by atoms with Crippen LogP contribution < -0.4 is 10.6 Å². The van der Waals surface area contributed by atoms with Gasteiger partial charge in [0.25, 0.3) is 0 Å². The standard InChI is InChI=1S/C22H24N4O2S/c1-17-4-2-5-19(14-17)25-22(28)16-29-15-21(27)23-12-10-18-6-8-20(9-7-18)26-13-3-11-24-26/h2-9,11,13-14H,10,12,15-16H2,1H3,(H,23,27)(H,25,28). The fourth-order valence-corrected chi connectivity index (χ4v) is 3.44. The van der Waals surface area contributed by atoms with Crippen molar-refractivity contribution < 1.29 is 9.59 Å². The molecule has 0 saturated heterocycles. The van der Waals surface area contributed by atoms with E-state index in [1.807, 2.05) is 67.7 Å². The molecule has 2 aromatic carbocycles. The summed E-state index contributed by atoms with van der Waals surface area (Å²) in [7, 11) is 0. The van der Waals surface area contributed by atoms with Gasteiger partial charge in [0.1, 0.15) is 0 Å². The number of carbonyl (C=O) groups is 2. The molecule has 29 heavy (non-hydrogen) atoms. The van der Waals surface area contributed by atoms with Crippen LogP contribution in [0.5, 0.6) is 0 Å². The molecule has 1 aromatic heterocycles. The molecule has 150 valence electrons. The van der Waals surface area contributed by atoms with Crippen molar-refractivity contribution in [3.63, 3.8) is 0 Å². The lowest BCUT2D eigenvalue weighted by molar-refractivity contribution is -0.118. The lowest BCUT2D eigenvalue weighted by Gasteiger charge is -2.07. The summed E-state index contributed by atoms with van der Waals surface area (Å²) in [5.41, 5.74) is 4.01. The predicted molar refractivity (Wildman–Crippen MR) is 117 cm³/mol. The molecule has 0 saturated carbocycles. The summed E-state index contributed by atoms with van der Waals surface area (Å²) >= 11 is 1.31. The molecule has 6 nitrogen and oxygen atoms in total. The van der Waals surface area contributed by atoms with Crippen molar-refractivity contribution >= 4 is 29.3 Å². The third-order valence-corrected chi connectivity index (χ3v) is 5.14. The van der Waals surface area contributed by atoms with Crippen molar-refractivity contribution in [3.05, 3.63) is 78.1 Å². The monoisotopic (exact) mass is 408 g/mol. The zero-order valence-corrected chi connectivity index (χ0v) is 17.1. The van der Waals surface area contributed by atoms with Gasteiger partial charge < -0.3 is 10.6 Å². The van der Waals surface area contributed by atoms with Crippen LogP contribution in [0.4, 0.5) is 5.69 Å². The van der Waals surface area contributed by atoms with E-state index in [1.165, 1.54) is 11.8 Å². The van der Waals surface area contributed by atoms with Crippen molar-refractivity contribution in [1.29, 1.82) is 0 Å². The molecule has 0 unspecified atom stereocenters. The van der Waals surface area contributed by atoms with E-state index in [-0.39, 0.29) is 23.3 Å². The van der Waals surface area contributed by atoms with Gasteiger partial charge in [-0.1, -0.05) is 24.3 Å². The maximum atomic E-state index is 12.0. The summed E-state index contributed by atoms with van der Waals surface area (Å²) < 4.78 is 1.80. The Labute approximate surface area is 174 Å². The van der Waals surface area contributed by atoms with Gasteiger partial charge in [-0.2, -0.15) is 5.10 Å². The number of anilines is 1. The first-order valence-corrected chi connectivity index (χ1v) is 10.6. The second kappa shape index (κ2) is 10.5. The second-order valence-electron chi connectivity index (χ2n) is 6.63. The SMILES string of the molecule is Cc1cccc(NC(=O)CSCC(=O)NCCc2ccc(-n3cccn3)cc2)c1. The number of hydrogen-bond acceptors (Lipinski definition) is 4. The second-order valence-corrected chi connectivity index (χ2v) is 7.61. The number of carbonyl (C=O) groups excluding carboxylic acids is 2. The highest BCUT2D eigenvalue weighted by Crippen LogP contribution is 2.11. The van der Waals surface area contributed by atoms with E-state index in [9.17, 15) is 9.59 Å². The Kier molecular flexibility index (Phi) is 7.47. The molecule has 3 rings (SSSR count). The lowest BCUT2D eigenvalue weighted by atomic mass is 10.1. The maximum Gasteiger partial charge on any atom is 0.234 e. The third-order valence-electron chi connectivity index (χ3n) is 4.21. The van der Waals surface area contributed by atoms with E-state index in [1.54, 1.807) is 10.9 Å². The van der Waals surface area contributed by atoms with E-state index < -0.39 is 0 Å². The van der Waals surface area contributed by atoms with E-state index >= 15 is 0 Å². The first kappa shape index (κ1) is 20.7. The Morgan fingerprint density at radius 1 is 1.03 bits per heavy atom. The lowest BCUT2D eigenvalue weighted by Crippen LogP contribution is -2.28. The molecule has 0 fully saturated rings. The van der Waals surface area contributed by atoms with Gasteiger partial charge in [0, 0.05) is 24.6 Å². The number of aromatic nitrogens is 2. The smallest absolute Gasteiger partial charge is 0.234 e. The molecule has 0 aliphatic heterocycles. The van der Waals surface area contributed by atoms with Gasteiger partial charge in [0.05, 0.1) is 17.2 Å². The normalized spacial score (nSPS) is 10.5. The Bertz CT molecular complexity index is 940. The van der Waals surface area contributed by atoms with Crippen LogP contribution in [0.1, 0.15) is 11.1 Å². The molecule has 0 spiro atoms. The average Bonchev–Trinajstić information content (AvgIpc) is 3.23. The number of hydrogen-bond donors (Lipinski definition) is 2. The molecule has 0 aliphatic rings. The Balaban J connectivity index is 1.31. The highest BCUT2D eigenvalue weighted by atomic mass is 32.2. The molecular weight excluding hydrogens is 384 g/mol. The number of nitrogens with zero attached hydrogens (tertiary/aromatic N) is 2. The van der Waals surface area contributed by atoms with Crippen molar-refractivity contribution in [2.75, 3.05) is 23.4 Å². The van der Waals surface area contributed by atoms with E-state index in [0.29, 0.717) is 6.54 Å². The number of rotatable bonds is 9. The highest BCUT2D eigenvalue weighted by molar-refractivity contribution is 8.00. The van der Waals surface area contributed by atoms with Gasteiger partial charge in [-0.25, -0.2) is 4.68 Å². The number of thioether (sulfide) groups is 1. The van der Waals surface area contributed by atoms with Crippen molar-refractivity contribution in [2.45, 2.75) is 13.3 Å². The topological polar surface area (TPSA) is 76.0 Å². The minimum atomic E-state index is -0.106. The van der Waals surface area contributed by atoms with Crippen LogP contribution in [-0.2, 0) is 16.0 Å². The van der Waals surface area contributed by atoms with Gasteiger partial charge in [-0.05, 0) is 54.8 Å². The summed E-state index contributed by atoms with van der Waals surface area (Å²) in [5.74, 6) is 0.340. The zero-order chi connectivity index (χ0) is 20.5. The molecule has 0 radical (unpaired) electrons. The number of nitrogens with one attached hydrogen (secondary N) is 2. The van der Waals surface area contributed by atoms with Crippen molar-refractivity contribution in [2.24, 2.45) is 0 Å². The van der Waals surface area contributed by atoms with Gasteiger partial charge in [0.15, 0.2) is 0 Å². The van der Waals surface area contributed by atoms with Crippen molar-refractivity contribution in [3.8, 4) is 5.69 Å². The summed E-state index contributed by atoms with van der Waals surface area (Å²) in [4.78, 5) is 23.9. The molecular formula is C22H24N4O2S. The van der Waals surface area contributed by atoms with Crippen molar-refractivity contribution in [1.82, 2.24) is 15.1 Å². The van der Waals surface area contributed by atoms with Crippen LogP contribution in [0.2, 0.25) is 0 Å². The molecule has 2 amide bonds. The van der Waals surface area contributed by atoms with E-state index in [4.69, 9.17) is 0 Å². The van der Waals surface area contributed by atoms with Crippen LogP contribution in [0.15, 0.2) is 67.0 Å². The van der Waals surface area contributed by atoms with Crippen LogP contribution >= 0.6 is 11.8 Å². The van der Waals surface area contributed by atoms with Gasteiger partial charge in [-0.3, -0.25) is 9.59 Å². The minimum absolute atomic E-state index is 0.0634. The maximum absolute atomic E-state index is 12.0. The van der Waals surface area contributed by atoms with Crippen LogP contribution in [-0.4, -0.2) is 39.6 Å². The van der Waals surface area contributed by atoms with Crippen LogP contribution in [0.25, 0.3) is 5.69 Å². The molecule has 3 aromatic rings. The first-order chi connectivity index (χ1) is 14.1. The Hall–Kier alpha value is -3.06. The van der Waals surface area contributed by atoms with Crippen LogP contribution in [0.3, 0.4) is 0 Å². The predicted octanol–water partition coefficient (Wildman–Crippen LogP) is 3.21. The fourth-order valence-electron chi connectivity index (χ4n) is 2.79. The van der Waals surface area contributed by atoms with E-state index in [2.05, 4.69) is 15.7 Å². The molecule has 0 bridgehead atoms.